The number of carbonyl (C=O) groups is 1. The molecule has 1 aromatic carbocycles. The van der Waals surface area contributed by atoms with Crippen molar-refractivity contribution >= 4 is 46.3 Å². The van der Waals surface area contributed by atoms with E-state index in [0.29, 0.717) is 10.7 Å². The van der Waals surface area contributed by atoms with Crippen LogP contribution in [0.25, 0.3) is 0 Å². The van der Waals surface area contributed by atoms with Gasteiger partial charge in [0.2, 0.25) is 0 Å². The molecule has 0 fully saturated rings. The van der Waals surface area contributed by atoms with Gasteiger partial charge in [0.15, 0.2) is 5.78 Å². The Hall–Kier alpha value is -0.440. The van der Waals surface area contributed by atoms with E-state index < -0.39 is 0 Å². The Kier molecular flexibility index (Phi) is 3.42. The maximum Gasteiger partial charge on any atom is 0.181 e. The van der Waals surface area contributed by atoms with E-state index in [1.807, 2.05) is 0 Å². The Balaban J connectivity index is 3.33. The number of hydrogen-bond donors (Lipinski definition) is 1. The van der Waals surface area contributed by atoms with E-state index >= 15 is 0 Å². The maximum atomic E-state index is 11.3. The minimum atomic E-state index is -0.327. The predicted octanol–water partition coefficient (Wildman–Crippen LogP) is 3.00. The van der Waals surface area contributed by atoms with Gasteiger partial charge in [-0.3, -0.25) is 4.79 Å². The first-order valence-electron chi connectivity index (χ1n) is 3.40. The summed E-state index contributed by atoms with van der Waals surface area (Å²) in [6, 6.07) is 3.05. The van der Waals surface area contributed by atoms with Crippen LogP contribution in [0.2, 0.25) is 10.0 Å². The van der Waals surface area contributed by atoms with E-state index in [9.17, 15) is 4.79 Å². The molecule has 0 aromatic heterocycles. The quantitative estimate of drug-likeness (QED) is 0.489. The summed E-state index contributed by atoms with van der Waals surface area (Å²) in [5, 5.41) is 0.455. The number of nitrogen functional groups attached to an aromatic ring is 1. The van der Waals surface area contributed by atoms with Gasteiger partial charge in [-0.2, -0.15) is 0 Å². The van der Waals surface area contributed by atoms with E-state index in [-0.39, 0.29) is 22.2 Å². The lowest BCUT2D eigenvalue weighted by Gasteiger charge is -2.06. The zero-order chi connectivity index (χ0) is 10.0. The number of alkyl halides is 1. The molecule has 1 aromatic rings. The average molecular weight is 239 g/mol. The van der Waals surface area contributed by atoms with E-state index in [0.717, 1.165) is 0 Å². The van der Waals surface area contributed by atoms with Crippen LogP contribution in [0.1, 0.15) is 10.4 Å². The molecular weight excluding hydrogens is 232 g/mol. The lowest BCUT2D eigenvalue weighted by atomic mass is 10.1. The van der Waals surface area contributed by atoms with Gasteiger partial charge >= 0.3 is 0 Å². The molecule has 0 aliphatic carbocycles. The Morgan fingerprint density at radius 3 is 2.54 bits per heavy atom. The van der Waals surface area contributed by atoms with Crippen molar-refractivity contribution in [1.29, 1.82) is 0 Å². The highest BCUT2D eigenvalue weighted by Gasteiger charge is 2.15. The molecule has 0 bridgehead atoms. The molecule has 0 heterocycles. The van der Waals surface area contributed by atoms with Crippen LogP contribution in [0, 0.1) is 0 Å². The Morgan fingerprint density at radius 2 is 2.00 bits per heavy atom. The van der Waals surface area contributed by atoms with Crippen molar-refractivity contribution in [2.24, 2.45) is 0 Å². The SMILES string of the molecule is Nc1ccc(Cl)c(Cl)c1C(=O)CCl. The molecule has 0 saturated heterocycles. The summed E-state index contributed by atoms with van der Waals surface area (Å²) < 4.78 is 0. The predicted molar refractivity (Wildman–Crippen MR) is 55.9 cm³/mol. The molecule has 0 spiro atoms. The summed E-state index contributed by atoms with van der Waals surface area (Å²) in [6.45, 7) is 0. The second kappa shape index (κ2) is 4.18. The van der Waals surface area contributed by atoms with Crippen molar-refractivity contribution in [2.75, 3.05) is 11.6 Å². The number of rotatable bonds is 2. The fourth-order valence-corrected chi connectivity index (χ4v) is 1.48. The van der Waals surface area contributed by atoms with Crippen molar-refractivity contribution in [2.45, 2.75) is 0 Å². The van der Waals surface area contributed by atoms with Crippen LogP contribution in [0.5, 0.6) is 0 Å². The standard InChI is InChI=1S/C8H6Cl3NO/c9-3-6(13)7-5(12)2-1-4(10)8(7)11/h1-2H,3,12H2. The van der Waals surface area contributed by atoms with Crippen LogP contribution in [0.4, 0.5) is 5.69 Å². The van der Waals surface area contributed by atoms with Gasteiger partial charge in [0.1, 0.15) is 0 Å². The average Bonchev–Trinajstić information content (AvgIpc) is 2.12. The number of carbonyl (C=O) groups excluding carboxylic acids is 1. The number of anilines is 1. The highest BCUT2D eigenvalue weighted by Crippen LogP contribution is 2.30. The van der Waals surface area contributed by atoms with Crippen molar-refractivity contribution in [3.8, 4) is 0 Å². The van der Waals surface area contributed by atoms with Gasteiger partial charge < -0.3 is 5.73 Å². The molecule has 2 nitrogen and oxygen atoms in total. The maximum absolute atomic E-state index is 11.3. The molecule has 0 aliphatic rings. The van der Waals surface area contributed by atoms with Crippen LogP contribution in [0.15, 0.2) is 12.1 Å². The highest BCUT2D eigenvalue weighted by atomic mass is 35.5. The summed E-state index contributed by atoms with van der Waals surface area (Å²) in [6.07, 6.45) is 0. The van der Waals surface area contributed by atoms with Crippen molar-refractivity contribution in [1.82, 2.24) is 0 Å². The molecule has 1 rings (SSSR count). The van der Waals surface area contributed by atoms with E-state index in [2.05, 4.69) is 0 Å². The van der Waals surface area contributed by atoms with E-state index in [1.165, 1.54) is 12.1 Å². The Labute approximate surface area is 90.6 Å². The van der Waals surface area contributed by atoms with Gasteiger partial charge in [0.05, 0.1) is 21.5 Å². The van der Waals surface area contributed by atoms with Gasteiger partial charge in [-0.25, -0.2) is 0 Å². The van der Waals surface area contributed by atoms with Crippen LogP contribution in [0.3, 0.4) is 0 Å². The third kappa shape index (κ3) is 2.08. The summed E-state index contributed by atoms with van der Waals surface area (Å²) in [4.78, 5) is 11.3. The molecule has 0 saturated carbocycles. The molecule has 0 atom stereocenters. The molecule has 13 heavy (non-hydrogen) atoms. The van der Waals surface area contributed by atoms with E-state index in [4.69, 9.17) is 40.5 Å². The van der Waals surface area contributed by atoms with Crippen LogP contribution < -0.4 is 5.73 Å². The number of hydrogen-bond acceptors (Lipinski definition) is 2. The number of Topliss-reactive ketones (excluding diaryl/α,β-unsaturated/α-hetero) is 1. The first-order valence-corrected chi connectivity index (χ1v) is 4.69. The molecule has 70 valence electrons. The second-order valence-corrected chi connectivity index (χ2v) is 3.43. The van der Waals surface area contributed by atoms with Gasteiger partial charge in [-0.15, -0.1) is 11.6 Å². The molecule has 0 amide bonds. The summed E-state index contributed by atoms with van der Waals surface area (Å²) in [5.41, 5.74) is 6.03. The summed E-state index contributed by atoms with van der Waals surface area (Å²) in [5.74, 6) is -0.490. The third-order valence-corrected chi connectivity index (χ3v) is 2.57. The van der Waals surface area contributed by atoms with Gasteiger partial charge in [-0.1, -0.05) is 23.2 Å². The third-order valence-electron chi connectivity index (χ3n) is 1.53. The molecule has 5 heteroatoms. The first-order chi connectivity index (χ1) is 6.07. The smallest absolute Gasteiger partial charge is 0.181 e. The number of halogens is 3. The van der Waals surface area contributed by atoms with Crippen LogP contribution in [-0.4, -0.2) is 11.7 Å². The van der Waals surface area contributed by atoms with Crippen LogP contribution >= 0.6 is 34.8 Å². The minimum absolute atomic E-state index is 0.160. The lowest BCUT2D eigenvalue weighted by molar-refractivity contribution is 0.102. The molecule has 0 unspecified atom stereocenters. The zero-order valence-electron chi connectivity index (χ0n) is 6.48. The fraction of sp³-hybridized carbons (Fsp3) is 0.125. The monoisotopic (exact) mass is 237 g/mol. The van der Waals surface area contributed by atoms with Crippen molar-refractivity contribution < 1.29 is 4.79 Å². The summed E-state index contributed by atoms with van der Waals surface area (Å²) >= 11 is 16.9. The molecule has 0 radical (unpaired) electrons. The minimum Gasteiger partial charge on any atom is -0.398 e. The summed E-state index contributed by atoms with van der Waals surface area (Å²) in [7, 11) is 0. The normalized spacial score (nSPS) is 10.1. The number of benzene rings is 1. The fourth-order valence-electron chi connectivity index (χ4n) is 0.916. The van der Waals surface area contributed by atoms with Crippen molar-refractivity contribution in [3.63, 3.8) is 0 Å². The van der Waals surface area contributed by atoms with Crippen molar-refractivity contribution in [3.05, 3.63) is 27.7 Å². The zero-order valence-corrected chi connectivity index (χ0v) is 8.75. The van der Waals surface area contributed by atoms with E-state index in [1.54, 1.807) is 0 Å². The molecular formula is C8H6Cl3NO. The van der Waals surface area contributed by atoms with Gasteiger partial charge in [-0.05, 0) is 12.1 Å². The molecule has 2 N–H and O–H groups in total. The second-order valence-electron chi connectivity index (χ2n) is 2.38. The Bertz CT molecular complexity index is 351. The lowest BCUT2D eigenvalue weighted by Crippen LogP contribution is -2.06. The highest BCUT2D eigenvalue weighted by molar-refractivity contribution is 6.45. The number of ketones is 1. The topological polar surface area (TPSA) is 43.1 Å². The largest absolute Gasteiger partial charge is 0.398 e. The number of nitrogens with two attached hydrogens (primary N) is 1. The molecule has 0 aliphatic heterocycles. The first kappa shape index (κ1) is 10.6. The van der Waals surface area contributed by atoms with Gasteiger partial charge in [0, 0.05) is 5.69 Å². The van der Waals surface area contributed by atoms with Gasteiger partial charge in [0.25, 0.3) is 0 Å². The van der Waals surface area contributed by atoms with Crippen LogP contribution in [-0.2, 0) is 0 Å². The Morgan fingerprint density at radius 1 is 1.38 bits per heavy atom.